The van der Waals surface area contributed by atoms with Gasteiger partial charge in [0.2, 0.25) is 0 Å². The maximum Gasteiger partial charge on any atom is 0.134 e. The third kappa shape index (κ3) is 5.66. The molecule has 1 aromatic heterocycles. The van der Waals surface area contributed by atoms with E-state index in [1.165, 1.54) is 44.5 Å². The van der Waals surface area contributed by atoms with Crippen molar-refractivity contribution in [2.45, 2.75) is 72.4 Å². The highest BCUT2D eigenvalue weighted by Gasteiger charge is 2.32. The lowest BCUT2D eigenvalue weighted by Crippen LogP contribution is -2.30. The lowest BCUT2D eigenvalue weighted by molar-refractivity contribution is 0.485. The number of rotatable bonds is 10. The minimum atomic E-state index is -0.214. The van der Waals surface area contributed by atoms with E-state index in [0.29, 0.717) is 0 Å². The first-order valence-corrected chi connectivity index (χ1v) is 14.6. The summed E-state index contributed by atoms with van der Waals surface area (Å²) in [4.78, 5) is 0. The van der Waals surface area contributed by atoms with Crippen molar-refractivity contribution >= 4 is 17.6 Å². The van der Waals surface area contributed by atoms with Crippen molar-refractivity contribution in [3.63, 3.8) is 0 Å². The van der Waals surface area contributed by atoms with Gasteiger partial charge in [0.15, 0.2) is 0 Å². The van der Waals surface area contributed by atoms with Gasteiger partial charge in [0.1, 0.15) is 11.5 Å². The molecule has 37 heavy (non-hydrogen) atoms. The van der Waals surface area contributed by atoms with Gasteiger partial charge >= 0.3 is 0 Å². The molecule has 6 heteroatoms. The lowest BCUT2D eigenvalue weighted by Gasteiger charge is -2.29. The van der Waals surface area contributed by atoms with Crippen molar-refractivity contribution in [2.75, 3.05) is 0 Å². The van der Waals surface area contributed by atoms with E-state index in [0.717, 1.165) is 17.9 Å². The summed E-state index contributed by atoms with van der Waals surface area (Å²) in [6, 6.07) is 8.80. The standard InChI is InChI=1S/C31H40N2O2P2/c1-10-11-14-32-30(6,7)36-34-28-22(4)20(2)17-24-19-25-18-21(3)23(5)29(27(25)26(24)28)35-37-31(8,9)33-15-12-13-16-33/h10-18,32,36-37H,1,19H2,2-9H3/b14-11-. The third-order valence-electron chi connectivity index (χ3n) is 7.11. The molecule has 1 heterocycles. The van der Waals surface area contributed by atoms with E-state index >= 15 is 0 Å². The minimum Gasteiger partial charge on any atom is -0.474 e. The number of fused-ring (bicyclic) bond motifs is 3. The summed E-state index contributed by atoms with van der Waals surface area (Å²) in [7, 11) is 0.496. The maximum atomic E-state index is 6.76. The Morgan fingerprint density at radius 1 is 0.865 bits per heavy atom. The predicted octanol–water partition coefficient (Wildman–Crippen LogP) is 8.66. The van der Waals surface area contributed by atoms with Gasteiger partial charge in [-0.25, -0.2) is 0 Å². The molecule has 0 fully saturated rings. The Labute approximate surface area is 226 Å². The van der Waals surface area contributed by atoms with Gasteiger partial charge in [0, 0.05) is 23.5 Å². The van der Waals surface area contributed by atoms with Crippen LogP contribution in [-0.4, -0.2) is 9.85 Å². The first-order chi connectivity index (χ1) is 17.4. The second-order valence-corrected chi connectivity index (χ2v) is 14.3. The molecule has 4 rings (SSSR count). The highest BCUT2D eigenvalue weighted by atomic mass is 31.1. The van der Waals surface area contributed by atoms with Gasteiger partial charge in [-0.2, -0.15) is 0 Å². The topological polar surface area (TPSA) is 35.4 Å². The molecule has 0 aliphatic heterocycles. The highest BCUT2D eigenvalue weighted by Crippen LogP contribution is 2.54. The second-order valence-electron chi connectivity index (χ2n) is 11.0. The molecular formula is C31H40N2O2P2. The van der Waals surface area contributed by atoms with Crippen molar-refractivity contribution in [3.05, 3.63) is 95.0 Å². The molecule has 2 aromatic carbocycles. The molecule has 0 saturated carbocycles. The quantitative estimate of drug-likeness (QED) is 0.163. The Kier molecular flexibility index (Phi) is 7.93. The summed E-state index contributed by atoms with van der Waals surface area (Å²) in [6.45, 7) is 21.2. The first kappa shape index (κ1) is 27.5. The number of allylic oxidation sites excluding steroid dienone is 2. The Morgan fingerprint density at radius 3 is 1.89 bits per heavy atom. The van der Waals surface area contributed by atoms with Crippen molar-refractivity contribution in [2.24, 2.45) is 0 Å². The van der Waals surface area contributed by atoms with Crippen molar-refractivity contribution in [1.29, 1.82) is 0 Å². The van der Waals surface area contributed by atoms with Gasteiger partial charge in [-0.15, -0.1) is 0 Å². The molecule has 1 N–H and O–H groups in total. The number of benzene rings is 2. The van der Waals surface area contributed by atoms with Crippen LogP contribution in [0.15, 0.2) is 61.6 Å². The van der Waals surface area contributed by atoms with E-state index in [1.54, 1.807) is 6.08 Å². The number of aromatic nitrogens is 1. The Balaban J connectivity index is 1.75. The summed E-state index contributed by atoms with van der Waals surface area (Å²) in [5.41, 5.74) is 9.96. The van der Waals surface area contributed by atoms with Crippen LogP contribution in [0.3, 0.4) is 0 Å². The Hall–Kier alpha value is -2.54. The zero-order valence-corrected chi connectivity index (χ0v) is 25.4. The van der Waals surface area contributed by atoms with Gasteiger partial charge in [-0.05, 0) is 120 Å². The number of aryl methyl sites for hydroxylation is 2. The monoisotopic (exact) mass is 534 g/mol. The normalized spacial score (nSPS) is 13.6. The first-order valence-electron chi connectivity index (χ1n) is 12.8. The van der Waals surface area contributed by atoms with Crippen molar-refractivity contribution in [1.82, 2.24) is 9.88 Å². The summed E-state index contributed by atoms with van der Waals surface area (Å²) in [5.74, 6) is 1.98. The van der Waals surface area contributed by atoms with E-state index in [9.17, 15) is 0 Å². The van der Waals surface area contributed by atoms with Crippen LogP contribution >= 0.6 is 17.6 Å². The SMILES string of the molecule is C=C/C=C\NC(C)(C)POc1c(C)c(C)cc2c1-c1c(cc(C)c(C)c1OPC(C)(C)n1cccc1)C2. The van der Waals surface area contributed by atoms with Gasteiger partial charge in [0.05, 0.1) is 28.2 Å². The van der Waals surface area contributed by atoms with Crippen LogP contribution in [0, 0.1) is 27.7 Å². The Morgan fingerprint density at radius 2 is 1.38 bits per heavy atom. The average Bonchev–Trinajstić information content (AvgIpc) is 3.49. The zero-order chi connectivity index (χ0) is 27.0. The van der Waals surface area contributed by atoms with Gasteiger partial charge < -0.3 is 18.9 Å². The molecule has 3 aromatic rings. The van der Waals surface area contributed by atoms with Crippen LogP contribution < -0.4 is 14.4 Å². The van der Waals surface area contributed by atoms with Crippen molar-refractivity contribution in [3.8, 4) is 22.6 Å². The molecule has 1 aliphatic carbocycles. The molecule has 4 nitrogen and oxygen atoms in total. The van der Waals surface area contributed by atoms with E-state index in [4.69, 9.17) is 9.05 Å². The van der Waals surface area contributed by atoms with Gasteiger partial charge in [-0.1, -0.05) is 24.8 Å². The fourth-order valence-corrected chi connectivity index (χ4v) is 6.28. The van der Waals surface area contributed by atoms with Gasteiger partial charge in [0.25, 0.3) is 0 Å². The summed E-state index contributed by atoms with van der Waals surface area (Å²) in [5, 5.41) is 3.08. The number of hydrogen-bond acceptors (Lipinski definition) is 3. The zero-order valence-electron chi connectivity index (χ0n) is 23.4. The molecule has 2 unspecified atom stereocenters. The van der Waals surface area contributed by atoms with Crippen LogP contribution in [0.1, 0.15) is 61.1 Å². The fourth-order valence-electron chi connectivity index (χ4n) is 4.66. The molecule has 0 saturated heterocycles. The molecule has 0 spiro atoms. The molecule has 0 bridgehead atoms. The maximum absolute atomic E-state index is 6.76. The second kappa shape index (κ2) is 10.7. The van der Waals surface area contributed by atoms with Crippen LogP contribution in [-0.2, 0) is 11.7 Å². The molecule has 2 atom stereocenters. The minimum absolute atomic E-state index is 0.146. The van der Waals surface area contributed by atoms with Crippen LogP contribution in [0.5, 0.6) is 11.5 Å². The summed E-state index contributed by atoms with van der Waals surface area (Å²) >= 11 is 0. The van der Waals surface area contributed by atoms with E-state index in [-0.39, 0.29) is 28.2 Å². The van der Waals surface area contributed by atoms with Gasteiger partial charge in [-0.3, -0.25) is 0 Å². The summed E-state index contributed by atoms with van der Waals surface area (Å²) < 4.78 is 15.7. The van der Waals surface area contributed by atoms with Crippen LogP contribution in [0.25, 0.3) is 11.1 Å². The lowest BCUT2D eigenvalue weighted by atomic mass is 9.95. The molecular weight excluding hydrogens is 494 g/mol. The Bertz CT molecular complexity index is 1340. The number of nitrogens with zero attached hydrogens (tertiary/aromatic N) is 1. The molecule has 0 radical (unpaired) electrons. The third-order valence-corrected chi connectivity index (χ3v) is 9.14. The average molecular weight is 535 g/mol. The highest BCUT2D eigenvalue weighted by molar-refractivity contribution is 7.34. The molecule has 0 amide bonds. The molecule has 1 aliphatic rings. The van der Waals surface area contributed by atoms with E-state index in [2.05, 4.69) is 109 Å². The fraction of sp³-hybridized carbons (Fsp3) is 0.355. The van der Waals surface area contributed by atoms with Crippen LogP contribution in [0.4, 0.5) is 0 Å². The number of nitrogens with one attached hydrogen (secondary N) is 1. The van der Waals surface area contributed by atoms with Crippen molar-refractivity contribution < 1.29 is 9.05 Å². The predicted molar refractivity (Wildman–Crippen MR) is 162 cm³/mol. The smallest absolute Gasteiger partial charge is 0.134 e. The number of hydrogen-bond donors (Lipinski definition) is 1. The summed E-state index contributed by atoms with van der Waals surface area (Å²) in [6.07, 6.45) is 10.7. The largest absolute Gasteiger partial charge is 0.474 e. The van der Waals surface area contributed by atoms with Crippen LogP contribution in [0.2, 0.25) is 0 Å². The van der Waals surface area contributed by atoms with E-state index in [1.807, 2.05) is 12.3 Å². The van der Waals surface area contributed by atoms with E-state index < -0.39 is 0 Å². The molecule has 196 valence electrons.